The maximum Gasteiger partial charge on any atom is 0.306 e. The van der Waals surface area contributed by atoms with E-state index in [0.29, 0.717) is 19.3 Å². The zero-order valence-corrected chi connectivity index (χ0v) is 41.8. The minimum absolute atomic E-state index is 0.0641. The minimum atomic E-state index is -0.762. The standard InChI is InChI=1S/C55H106O6/c1-6-9-10-11-12-13-22-26-29-35-40-45-53(56)59-48-52(49-60-54(57)46-41-36-32-31-34-39-44-51(5)8-3)61-55(58)47-42-37-30-27-24-21-19-17-15-14-16-18-20-23-25-28-33-38-43-50(4)7-2/h50-52H,6-49H2,1-5H3/t50?,51?,52-/m1/s1. The van der Waals surface area contributed by atoms with Crippen LogP contribution in [0.15, 0.2) is 0 Å². The second-order valence-corrected chi connectivity index (χ2v) is 19.4. The summed E-state index contributed by atoms with van der Waals surface area (Å²) in [6.07, 6.45) is 49.5. The van der Waals surface area contributed by atoms with Crippen molar-refractivity contribution in [3.63, 3.8) is 0 Å². The fourth-order valence-corrected chi connectivity index (χ4v) is 8.28. The van der Waals surface area contributed by atoms with E-state index < -0.39 is 6.10 Å². The lowest BCUT2D eigenvalue weighted by atomic mass is 9.99. The molecule has 0 spiro atoms. The van der Waals surface area contributed by atoms with Gasteiger partial charge in [0, 0.05) is 19.3 Å². The van der Waals surface area contributed by atoms with Gasteiger partial charge in [-0.05, 0) is 31.1 Å². The molecular weight excluding hydrogens is 757 g/mol. The van der Waals surface area contributed by atoms with E-state index in [1.165, 1.54) is 193 Å². The van der Waals surface area contributed by atoms with Crippen molar-refractivity contribution >= 4 is 17.9 Å². The second-order valence-electron chi connectivity index (χ2n) is 19.4. The van der Waals surface area contributed by atoms with Gasteiger partial charge in [0.1, 0.15) is 13.2 Å². The van der Waals surface area contributed by atoms with Crippen molar-refractivity contribution in [2.75, 3.05) is 13.2 Å². The second kappa shape index (κ2) is 47.9. The Balaban J connectivity index is 4.20. The molecule has 0 aliphatic heterocycles. The van der Waals surface area contributed by atoms with E-state index in [4.69, 9.17) is 14.2 Å². The SMILES string of the molecule is CCCCCCCCCCCCCC(=O)OC[C@H](COC(=O)CCCCCCCCC(C)CC)OC(=O)CCCCCCCCCCCCCCCCCCCCC(C)CC. The topological polar surface area (TPSA) is 78.9 Å². The molecule has 0 heterocycles. The summed E-state index contributed by atoms with van der Waals surface area (Å²) in [5.74, 6) is 0.874. The van der Waals surface area contributed by atoms with Crippen LogP contribution in [-0.2, 0) is 28.6 Å². The molecule has 0 saturated heterocycles. The summed E-state index contributed by atoms with van der Waals surface area (Å²) in [7, 11) is 0. The quantitative estimate of drug-likeness (QED) is 0.0344. The van der Waals surface area contributed by atoms with Gasteiger partial charge in [0.25, 0.3) is 0 Å². The Labute approximate surface area is 380 Å². The Morgan fingerprint density at radius 2 is 0.574 bits per heavy atom. The van der Waals surface area contributed by atoms with E-state index in [0.717, 1.165) is 69.6 Å². The smallest absolute Gasteiger partial charge is 0.306 e. The predicted octanol–water partition coefficient (Wildman–Crippen LogP) is 17.7. The first kappa shape index (κ1) is 59.4. The average molecular weight is 863 g/mol. The molecule has 3 atom stereocenters. The summed E-state index contributed by atoms with van der Waals surface area (Å²) >= 11 is 0. The summed E-state index contributed by atoms with van der Waals surface area (Å²) in [6.45, 7) is 11.4. The van der Waals surface area contributed by atoms with Gasteiger partial charge in [0.15, 0.2) is 6.10 Å². The first-order chi connectivity index (χ1) is 29.8. The lowest BCUT2D eigenvalue weighted by molar-refractivity contribution is -0.167. The van der Waals surface area contributed by atoms with E-state index in [-0.39, 0.29) is 31.1 Å². The number of esters is 3. The van der Waals surface area contributed by atoms with Gasteiger partial charge in [0.05, 0.1) is 0 Å². The van der Waals surface area contributed by atoms with Crippen molar-refractivity contribution in [3.8, 4) is 0 Å². The van der Waals surface area contributed by atoms with Crippen molar-refractivity contribution in [2.24, 2.45) is 11.8 Å². The molecule has 2 unspecified atom stereocenters. The summed E-state index contributed by atoms with van der Waals surface area (Å²) in [5, 5.41) is 0. The number of ether oxygens (including phenoxy) is 3. The van der Waals surface area contributed by atoms with E-state index in [2.05, 4.69) is 34.6 Å². The summed E-state index contributed by atoms with van der Waals surface area (Å²) < 4.78 is 16.8. The Bertz CT molecular complexity index is 935. The monoisotopic (exact) mass is 863 g/mol. The Morgan fingerprint density at radius 3 is 0.852 bits per heavy atom. The van der Waals surface area contributed by atoms with Gasteiger partial charge >= 0.3 is 17.9 Å². The molecule has 0 aromatic rings. The first-order valence-corrected chi connectivity index (χ1v) is 27.3. The molecule has 0 radical (unpaired) electrons. The fourth-order valence-electron chi connectivity index (χ4n) is 8.28. The maximum absolute atomic E-state index is 12.8. The molecule has 0 aromatic heterocycles. The first-order valence-electron chi connectivity index (χ1n) is 27.3. The normalized spacial score (nSPS) is 12.9. The number of hydrogen-bond acceptors (Lipinski definition) is 6. The summed E-state index contributed by atoms with van der Waals surface area (Å²) in [5.41, 5.74) is 0. The van der Waals surface area contributed by atoms with E-state index in [1.54, 1.807) is 0 Å². The van der Waals surface area contributed by atoms with Crippen LogP contribution in [0.4, 0.5) is 0 Å². The number of hydrogen-bond donors (Lipinski definition) is 0. The van der Waals surface area contributed by atoms with E-state index in [1.807, 2.05) is 0 Å². The molecule has 0 amide bonds. The number of carbonyl (C=O) groups is 3. The fraction of sp³-hybridized carbons (Fsp3) is 0.945. The Morgan fingerprint density at radius 1 is 0.328 bits per heavy atom. The zero-order valence-electron chi connectivity index (χ0n) is 41.8. The Kier molecular flexibility index (Phi) is 46.6. The molecule has 0 aliphatic rings. The molecule has 61 heavy (non-hydrogen) atoms. The third-order valence-corrected chi connectivity index (χ3v) is 13.2. The van der Waals surface area contributed by atoms with Crippen LogP contribution in [0.5, 0.6) is 0 Å². The van der Waals surface area contributed by atoms with Crippen molar-refractivity contribution < 1.29 is 28.6 Å². The maximum atomic E-state index is 12.8. The van der Waals surface area contributed by atoms with Gasteiger partial charge in [-0.15, -0.1) is 0 Å². The third kappa shape index (κ3) is 46.2. The van der Waals surface area contributed by atoms with Gasteiger partial charge in [-0.2, -0.15) is 0 Å². The van der Waals surface area contributed by atoms with Crippen molar-refractivity contribution in [1.82, 2.24) is 0 Å². The van der Waals surface area contributed by atoms with Gasteiger partial charge in [-0.1, -0.05) is 266 Å². The molecule has 0 aromatic carbocycles. The van der Waals surface area contributed by atoms with Gasteiger partial charge in [0.2, 0.25) is 0 Å². The molecular formula is C55H106O6. The van der Waals surface area contributed by atoms with Crippen molar-refractivity contribution in [3.05, 3.63) is 0 Å². The third-order valence-electron chi connectivity index (χ3n) is 13.2. The predicted molar refractivity (Wildman–Crippen MR) is 261 cm³/mol. The highest BCUT2D eigenvalue weighted by atomic mass is 16.6. The molecule has 6 nitrogen and oxygen atoms in total. The highest BCUT2D eigenvalue weighted by molar-refractivity contribution is 5.71. The van der Waals surface area contributed by atoms with Gasteiger partial charge in [-0.3, -0.25) is 14.4 Å². The zero-order chi connectivity index (χ0) is 44.7. The minimum Gasteiger partial charge on any atom is -0.462 e. The van der Waals surface area contributed by atoms with Gasteiger partial charge in [-0.25, -0.2) is 0 Å². The molecule has 0 N–H and O–H groups in total. The lowest BCUT2D eigenvalue weighted by Gasteiger charge is -2.18. The number of carbonyl (C=O) groups excluding carboxylic acids is 3. The summed E-state index contributed by atoms with van der Waals surface area (Å²) in [4.78, 5) is 37.9. The molecule has 0 saturated carbocycles. The largest absolute Gasteiger partial charge is 0.462 e. The Hall–Kier alpha value is -1.59. The highest BCUT2D eigenvalue weighted by Gasteiger charge is 2.19. The molecule has 0 rings (SSSR count). The molecule has 6 heteroatoms. The van der Waals surface area contributed by atoms with Crippen LogP contribution in [0.2, 0.25) is 0 Å². The molecule has 362 valence electrons. The molecule has 0 aliphatic carbocycles. The van der Waals surface area contributed by atoms with Crippen LogP contribution in [0.3, 0.4) is 0 Å². The highest BCUT2D eigenvalue weighted by Crippen LogP contribution is 2.18. The number of rotatable bonds is 49. The summed E-state index contributed by atoms with van der Waals surface area (Å²) in [6, 6.07) is 0. The van der Waals surface area contributed by atoms with Crippen LogP contribution in [0.1, 0.15) is 304 Å². The lowest BCUT2D eigenvalue weighted by Crippen LogP contribution is -2.30. The van der Waals surface area contributed by atoms with Crippen LogP contribution < -0.4 is 0 Å². The van der Waals surface area contributed by atoms with Crippen LogP contribution in [-0.4, -0.2) is 37.2 Å². The van der Waals surface area contributed by atoms with E-state index in [9.17, 15) is 14.4 Å². The van der Waals surface area contributed by atoms with Crippen LogP contribution in [0.25, 0.3) is 0 Å². The van der Waals surface area contributed by atoms with Crippen LogP contribution >= 0.6 is 0 Å². The van der Waals surface area contributed by atoms with Gasteiger partial charge < -0.3 is 14.2 Å². The van der Waals surface area contributed by atoms with Crippen molar-refractivity contribution in [2.45, 2.75) is 310 Å². The molecule has 0 fully saturated rings. The van der Waals surface area contributed by atoms with Crippen LogP contribution in [0, 0.1) is 11.8 Å². The van der Waals surface area contributed by atoms with E-state index >= 15 is 0 Å². The molecule has 0 bridgehead atoms. The number of unbranched alkanes of at least 4 members (excludes halogenated alkanes) is 32. The average Bonchev–Trinajstić information content (AvgIpc) is 3.26. The van der Waals surface area contributed by atoms with Crippen molar-refractivity contribution in [1.29, 1.82) is 0 Å².